The lowest BCUT2D eigenvalue weighted by molar-refractivity contribution is -0.120. The van der Waals surface area contributed by atoms with Gasteiger partial charge in [-0.1, -0.05) is 103 Å². The molecule has 12 N–H and O–H groups in total. The fourth-order valence-electron chi connectivity index (χ4n) is 9.93. The number of benzene rings is 1. The van der Waals surface area contributed by atoms with E-state index in [4.69, 9.17) is 39.9 Å². The molecule has 1 aromatic carbocycles. The maximum absolute atomic E-state index is 13.5. The van der Waals surface area contributed by atoms with Gasteiger partial charge in [0.1, 0.15) is 23.7 Å². The van der Waals surface area contributed by atoms with Crippen molar-refractivity contribution in [1.29, 1.82) is 0 Å². The Bertz CT molecular complexity index is 2800. The van der Waals surface area contributed by atoms with E-state index in [1.807, 2.05) is 20.8 Å². The highest BCUT2D eigenvalue weighted by Gasteiger charge is 2.35. The molecule has 23 heteroatoms. The number of ether oxygens (including phenoxy) is 6. The summed E-state index contributed by atoms with van der Waals surface area (Å²) in [6, 6.07) is 1.28. The summed E-state index contributed by atoms with van der Waals surface area (Å²) in [6.45, 7) is 22.0. The quantitative estimate of drug-likeness (QED) is 0.0406. The van der Waals surface area contributed by atoms with E-state index < -0.39 is 96.2 Å². The molecule has 4 rings (SSSR count). The van der Waals surface area contributed by atoms with E-state index in [0.717, 1.165) is 6.08 Å². The second-order valence-corrected chi connectivity index (χ2v) is 21.2. The number of aliphatic hydroxyl groups is 2. The predicted octanol–water partition coefficient (Wildman–Crippen LogP) is 8.39. The van der Waals surface area contributed by atoms with Crippen molar-refractivity contribution in [1.82, 2.24) is 10.6 Å². The maximum atomic E-state index is 13.5. The van der Waals surface area contributed by atoms with Gasteiger partial charge in [0, 0.05) is 87.8 Å². The Hall–Kier alpha value is -7.31. The molecule has 0 saturated heterocycles. The van der Waals surface area contributed by atoms with Crippen LogP contribution in [-0.4, -0.2) is 146 Å². The molecule has 2 aliphatic heterocycles. The fourth-order valence-corrected chi connectivity index (χ4v) is 9.93. The molecular formula is C64H97ClN6O16. The molecule has 1 aliphatic carbocycles. The number of ketones is 2. The van der Waals surface area contributed by atoms with Crippen LogP contribution in [0, 0.1) is 23.7 Å². The summed E-state index contributed by atoms with van der Waals surface area (Å²) in [5.74, 6) is -3.55. The SMILES string of the molecule is C.C.C=CCNC1=C2C[C@@H](C)C[C@H](OC)[C@H](O)[C@@H](C)/C=C(\C)[C@H](OC(N)=O)[C@@H](OC)/C=C\C=C(/C)C(=O)NC(=CC1=O)C2=O.C=CCNc1c(O)cc2c(O)c1C[C@@H](C)C[C@H](OC)[C@H](O)[C@@H](C)/C=C(\C)[C@H](OC(N)=O)[C@@H](OC)/C=C\C=C(/C)C(=O)N2.Cl. The van der Waals surface area contributed by atoms with Crippen molar-refractivity contribution in [2.75, 3.05) is 52.2 Å². The zero-order chi connectivity index (χ0) is 63.1. The van der Waals surface area contributed by atoms with Crippen LogP contribution in [0.25, 0.3) is 0 Å². The van der Waals surface area contributed by atoms with Crippen LogP contribution in [0.2, 0.25) is 0 Å². The van der Waals surface area contributed by atoms with E-state index in [9.17, 15) is 49.2 Å². The number of carbonyl (C=O) groups excluding carboxylic acids is 6. The molecule has 0 spiro atoms. The molecule has 12 atom stereocenters. The fraction of sp³-hybridized carbons (Fsp3) is 0.500. The minimum absolute atomic E-state index is 0. The van der Waals surface area contributed by atoms with Gasteiger partial charge in [-0.05, 0) is 76.4 Å². The second-order valence-electron chi connectivity index (χ2n) is 21.2. The zero-order valence-electron chi connectivity index (χ0n) is 50.8. The van der Waals surface area contributed by atoms with E-state index >= 15 is 0 Å². The van der Waals surface area contributed by atoms with Crippen molar-refractivity contribution in [3.05, 3.63) is 131 Å². The van der Waals surface area contributed by atoms with Gasteiger partial charge in [-0.3, -0.25) is 19.2 Å². The van der Waals surface area contributed by atoms with Crippen LogP contribution in [0.4, 0.5) is 21.0 Å². The van der Waals surface area contributed by atoms with Crippen molar-refractivity contribution in [2.45, 2.75) is 145 Å². The molecule has 2 heterocycles. The number of hydrogen-bond acceptors (Lipinski definition) is 18. The topological polar surface area (TPSA) is 339 Å². The molecule has 0 unspecified atom stereocenters. The van der Waals surface area contributed by atoms with E-state index in [1.54, 1.807) is 83.2 Å². The van der Waals surface area contributed by atoms with Gasteiger partial charge >= 0.3 is 12.2 Å². The summed E-state index contributed by atoms with van der Waals surface area (Å²) in [6.07, 6.45) is 9.98. The third-order valence-electron chi connectivity index (χ3n) is 14.5. The number of hydrogen-bond donors (Lipinski definition) is 10. The first kappa shape index (κ1) is 79.7. The molecule has 22 nitrogen and oxygen atoms in total. The number of primary amides is 2. The number of Topliss-reactive ketones (excluding diaryl/α,β-unsaturated/α-hetero) is 1. The maximum Gasteiger partial charge on any atom is 0.405 e. The first-order valence-corrected chi connectivity index (χ1v) is 27.6. The Labute approximate surface area is 520 Å². The highest BCUT2D eigenvalue weighted by Crippen LogP contribution is 2.43. The van der Waals surface area contributed by atoms with Gasteiger partial charge in [0.05, 0.1) is 47.2 Å². The standard InChI is InChI=1S/C31H45N3O8.C31H43N3O8.2CH4.ClH/c2*1-8-12-33-26-21-13-17(2)14-25(41-7)27(36)19(4)15-20(5)29(42-31(32)39)24(40-6)11-9-10-18(3)30(38)34-22(28(21)37)16-23(26)35;;;/h8-11,15-17,19,24-25,27,29,33,35-37H,1,12-14H2,2-7H3,(H2,32,39)(H,34,38);8-11,15-17,19,24-25,27,29,33,36H,1,12-14H2,2-7H3,(H2,32,39)(H,34,38);2*1H4;1H/b2*11-9-,18-10+,20-15+;;;/t2*17-,19+,24+,25+,27-,29+;;;/m11.../s1. The lowest BCUT2D eigenvalue weighted by atomic mass is 9.85. The van der Waals surface area contributed by atoms with Crippen molar-refractivity contribution < 1.29 is 77.6 Å². The number of amides is 4. The summed E-state index contributed by atoms with van der Waals surface area (Å²) in [5.41, 5.74) is 13.4. The molecule has 4 bridgehead atoms. The number of halogens is 1. The van der Waals surface area contributed by atoms with Gasteiger partial charge in [-0.25, -0.2) is 9.59 Å². The minimum Gasteiger partial charge on any atom is -0.506 e. The molecule has 0 fully saturated rings. The number of allylic oxidation sites excluding steroid dienone is 6. The average molecular weight is 1240 g/mol. The summed E-state index contributed by atoms with van der Waals surface area (Å²) >= 11 is 0. The number of carbonyl (C=O) groups is 6. The first-order chi connectivity index (χ1) is 39.7. The second kappa shape index (κ2) is 38.8. The first-order valence-electron chi connectivity index (χ1n) is 27.6. The third kappa shape index (κ3) is 23.4. The van der Waals surface area contributed by atoms with Gasteiger partial charge in [0.2, 0.25) is 11.6 Å². The predicted molar refractivity (Wildman–Crippen MR) is 341 cm³/mol. The van der Waals surface area contributed by atoms with Gasteiger partial charge in [0.15, 0.2) is 12.2 Å². The van der Waals surface area contributed by atoms with Gasteiger partial charge in [-0.2, -0.15) is 0 Å². The summed E-state index contributed by atoms with van der Waals surface area (Å²) in [4.78, 5) is 76.0. The van der Waals surface area contributed by atoms with Crippen LogP contribution < -0.4 is 32.7 Å². The number of aliphatic hydroxyl groups excluding tert-OH is 2. The summed E-state index contributed by atoms with van der Waals surface area (Å²) in [7, 11) is 5.87. The lowest BCUT2D eigenvalue weighted by Crippen LogP contribution is -2.37. The number of anilines is 2. The van der Waals surface area contributed by atoms with Crippen LogP contribution in [0.5, 0.6) is 11.5 Å². The van der Waals surface area contributed by atoms with Gasteiger partial charge in [-0.15, -0.1) is 25.6 Å². The summed E-state index contributed by atoms with van der Waals surface area (Å²) in [5, 5.41) is 55.8. The summed E-state index contributed by atoms with van der Waals surface area (Å²) < 4.78 is 33.2. The monoisotopic (exact) mass is 1240 g/mol. The Kier molecular flexibility index (Phi) is 35.5. The van der Waals surface area contributed by atoms with E-state index in [-0.39, 0.29) is 91.8 Å². The number of nitrogens with one attached hydrogen (secondary N) is 4. The number of rotatable bonds is 12. The molecule has 0 radical (unpaired) electrons. The lowest BCUT2D eigenvalue weighted by Gasteiger charge is -2.30. The molecule has 1 aromatic rings. The highest BCUT2D eigenvalue weighted by atomic mass is 35.5. The van der Waals surface area contributed by atoms with E-state index in [2.05, 4.69) is 34.4 Å². The van der Waals surface area contributed by atoms with Gasteiger partial charge in [0.25, 0.3) is 11.8 Å². The van der Waals surface area contributed by atoms with Crippen LogP contribution in [-0.2, 0) is 54.0 Å². The number of methoxy groups -OCH3 is 4. The normalized spacial score (nSPS) is 29.4. The zero-order valence-corrected chi connectivity index (χ0v) is 51.6. The van der Waals surface area contributed by atoms with Crippen LogP contribution in [0.15, 0.2) is 125 Å². The van der Waals surface area contributed by atoms with Crippen molar-refractivity contribution in [3.63, 3.8) is 0 Å². The van der Waals surface area contributed by atoms with Crippen LogP contribution in [0.3, 0.4) is 0 Å². The molecule has 0 saturated carbocycles. The number of fused-ring (bicyclic) bond motifs is 4. The molecule has 0 aromatic heterocycles. The number of phenolic OH excluding ortho intramolecular Hbond substituents is 2. The third-order valence-corrected chi connectivity index (χ3v) is 14.5. The van der Waals surface area contributed by atoms with Crippen molar-refractivity contribution in [3.8, 4) is 11.5 Å². The Morgan fingerprint density at radius 3 is 1.55 bits per heavy atom. The minimum atomic E-state index is -1.00. The largest absolute Gasteiger partial charge is 0.506 e. The van der Waals surface area contributed by atoms with Gasteiger partial charge < -0.3 is 81.6 Å². The van der Waals surface area contributed by atoms with Crippen molar-refractivity contribution >= 4 is 59.3 Å². The molecule has 486 valence electrons. The average Bonchev–Trinajstić information content (AvgIpc) is 2.77. The van der Waals surface area contributed by atoms with E-state index in [0.29, 0.717) is 53.8 Å². The number of phenols is 2. The highest BCUT2D eigenvalue weighted by molar-refractivity contribution is 6.23. The van der Waals surface area contributed by atoms with Crippen LogP contribution >= 0.6 is 12.4 Å². The van der Waals surface area contributed by atoms with E-state index in [1.165, 1.54) is 46.7 Å². The molecular weight excluding hydrogens is 1140 g/mol. The number of nitrogens with two attached hydrogens (primary N) is 2. The molecule has 87 heavy (non-hydrogen) atoms. The number of aromatic hydroxyl groups is 2. The smallest absolute Gasteiger partial charge is 0.405 e. The Balaban J connectivity index is 0.00000164. The Morgan fingerprint density at radius 1 is 0.690 bits per heavy atom. The van der Waals surface area contributed by atoms with Crippen LogP contribution in [0.1, 0.15) is 95.1 Å². The molecule has 3 aliphatic rings. The Morgan fingerprint density at radius 2 is 1.13 bits per heavy atom. The molecule has 4 amide bonds. The van der Waals surface area contributed by atoms with Crippen molar-refractivity contribution in [2.24, 2.45) is 35.1 Å².